The molecule has 0 fully saturated rings. The van der Waals surface area contributed by atoms with Crippen LogP contribution in [0.1, 0.15) is 12.5 Å². The van der Waals surface area contributed by atoms with Gasteiger partial charge in [0.1, 0.15) is 30.8 Å². The zero-order chi connectivity index (χ0) is 18.6. The van der Waals surface area contributed by atoms with Crippen LogP contribution in [0.15, 0.2) is 54.6 Å². The lowest BCUT2D eigenvalue weighted by atomic mass is 10.2. The van der Waals surface area contributed by atoms with Crippen molar-refractivity contribution < 1.29 is 19.3 Å². The van der Waals surface area contributed by atoms with Crippen molar-refractivity contribution in [3.63, 3.8) is 0 Å². The van der Waals surface area contributed by atoms with E-state index in [1.165, 1.54) is 5.56 Å². The van der Waals surface area contributed by atoms with E-state index in [-0.39, 0.29) is 6.61 Å². The van der Waals surface area contributed by atoms with E-state index in [2.05, 4.69) is 4.90 Å². The second-order valence-corrected chi connectivity index (χ2v) is 6.16. The Morgan fingerprint density at radius 3 is 2.31 bits per heavy atom. The van der Waals surface area contributed by atoms with Crippen LogP contribution in [0.25, 0.3) is 0 Å². The molecule has 0 saturated carbocycles. The fourth-order valence-corrected chi connectivity index (χ4v) is 2.55. The maximum atomic E-state index is 10.1. The molecule has 0 heterocycles. The summed E-state index contributed by atoms with van der Waals surface area (Å²) in [4.78, 5) is 2.07. The molecule has 0 spiro atoms. The van der Waals surface area contributed by atoms with Crippen LogP contribution in [0.2, 0.25) is 0 Å². The molecule has 5 nitrogen and oxygen atoms in total. The van der Waals surface area contributed by atoms with Gasteiger partial charge in [-0.3, -0.25) is 4.90 Å². The molecule has 0 amide bonds. The monoisotopic (exact) mass is 359 g/mol. The zero-order valence-electron chi connectivity index (χ0n) is 15.6. The number of aliphatic hydroxyl groups is 1. The van der Waals surface area contributed by atoms with Gasteiger partial charge in [0.2, 0.25) is 0 Å². The second-order valence-electron chi connectivity index (χ2n) is 6.16. The molecule has 1 N–H and O–H groups in total. The molecule has 0 aliphatic heterocycles. The highest BCUT2D eigenvalue weighted by atomic mass is 16.5. The largest absolute Gasteiger partial charge is 0.491 e. The normalized spacial score (nSPS) is 12.2. The number of hydrogen-bond acceptors (Lipinski definition) is 5. The van der Waals surface area contributed by atoms with Crippen LogP contribution < -0.4 is 9.47 Å². The summed E-state index contributed by atoms with van der Waals surface area (Å²) in [7, 11) is 1.98. The lowest BCUT2D eigenvalue weighted by Gasteiger charge is -2.21. The summed E-state index contributed by atoms with van der Waals surface area (Å²) in [5.41, 5.74) is 1.17. The van der Waals surface area contributed by atoms with Crippen LogP contribution in [0.4, 0.5) is 0 Å². The van der Waals surface area contributed by atoms with Crippen molar-refractivity contribution in [2.75, 3.05) is 40.0 Å². The summed E-state index contributed by atoms with van der Waals surface area (Å²) in [5.74, 6) is 1.61. The molecule has 0 bridgehead atoms. The van der Waals surface area contributed by atoms with E-state index in [1.807, 2.05) is 68.6 Å². The highest BCUT2D eigenvalue weighted by molar-refractivity contribution is 5.27. The fraction of sp³-hybridized carbons (Fsp3) is 0.429. The molecular formula is C21H29NO4. The van der Waals surface area contributed by atoms with Crippen LogP contribution in [-0.2, 0) is 11.3 Å². The van der Waals surface area contributed by atoms with Gasteiger partial charge in [-0.25, -0.2) is 0 Å². The SMILES string of the molecule is CCOCCOc1ccc(CN(C)C[C@H](O)COc2ccccc2)cc1. The van der Waals surface area contributed by atoms with Crippen LogP contribution in [0, 0.1) is 0 Å². The van der Waals surface area contributed by atoms with E-state index < -0.39 is 6.10 Å². The summed E-state index contributed by atoms with van der Waals surface area (Å²) >= 11 is 0. The van der Waals surface area contributed by atoms with Gasteiger partial charge in [-0.05, 0) is 43.8 Å². The first-order valence-electron chi connectivity index (χ1n) is 9.01. The van der Waals surface area contributed by atoms with Crippen molar-refractivity contribution in [1.82, 2.24) is 4.90 Å². The van der Waals surface area contributed by atoms with E-state index in [4.69, 9.17) is 14.2 Å². The fourth-order valence-electron chi connectivity index (χ4n) is 2.55. The molecule has 0 saturated heterocycles. The van der Waals surface area contributed by atoms with E-state index in [0.717, 1.165) is 18.0 Å². The molecular weight excluding hydrogens is 330 g/mol. The van der Waals surface area contributed by atoms with E-state index in [0.29, 0.717) is 26.4 Å². The van der Waals surface area contributed by atoms with Crippen molar-refractivity contribution in [3.8, 4) is 11.5 Å². The van der Waals surface area contributed by atoms with Gasteiger partial charge >= 0.3 is 0 Å². The number of ether oxygens (including phenoxy) is 3. The first-order valence-corrected chi connectivity index (χ1v) is 9.01. The van der Waals surface area contributed by atoms with Crippen molar-refractivity contribution >= 4 is 0 Å². The number of benzene rings is 2. The molecule has 0 radical (unpaired) electrons. The topological polar surface area (TPSA) is 51.2 Å². The number of rotatable bonds is 12. The molecule has 5 heteroatoms. The summed E-state index contributed by atoms with van der Waals surface area (Å²) in [6, 6.07) is 17.5. The number of nitrogens with zero attached hydrogens (tertiary/aromatic N) is 1. The second kappa shape index (κ2) is 11.5. The number of aliphatic hydroxyl groups excluding tert-OH is 1. The molecule has 142 valence electrons. The lowest BCUT2D eigenvalue weighted by Crippen LogP contribution is -2.32. The third-order valence-electron chi connectivity index (χ3n) is 3.78. The molecule has 2 rings (SSSR count). The van der Waals surface area contributed by atoms with Crippen molar-refractivity contribution in [1.29, 1.82) is 0 Å². The molecule has 0 aromatic heterocycles. The Bertz CT molecular complexity index is 603. The van der Waals surface area contributed by atoms with Crippen molar-refractivity contribution in [2.24, 2.45) is 0 Å². The van der Waals surface area contributed by atoms with Crippen LogP contribution in [0.5, 0.6) is 11.5 Å². The standard InChI is InChI=1S/C21H29NO4/c1-3-24-13-14-25-21-11-9-18(10-12-21)15-22(2)16-19(23)17-26-20-7-5-4-6-8-20/h4-12,19,23H,3,13-17H2,1-2H3/t19-/m0/s1. The Kier molecular flexibility index (Phi) is 8.96. The van der Waals surface area contributed by atoms with Crippen molar-refractivity contribution in [2.45, 2.75) is 19.6 Å². The van der Waals surface area contributed by atoms with Gasteiger partial charge in [0, 0.05) is 19.7 Å². The Balaban J connectivity index is 1.68. The molecule has 0 aliphatic carbocycles. The van der Waals surface area contributed by atoms with Gasteiger partial charge in [0.15, 0.2) is 0 Å². The van der Waals surface area contributed by atoms with E-state index in [1.54, 1.807) is 0 Å². The maximum absolute atomic E-state index is 10.1. The van der Waals surface area contributed by atoms with E-state index >= 15 is 0 Å². The Morgan fingerprint density at radius 1 is 0.923 bits per heavy atom. The average molecular weight is 359 g/mol. The molecule has 1 atom stereocenters. The Hall–Kier alpha value is -2.08. The number of likely N-dealkylation sites (N-methyl/N-ethyl adjacent to an activating group) is 1. The van der Waals surface area contributed by atoms with Gasteiger partial charge in [-0.15, -0.1) is 0 Å². The third kappa shape index (κ3) is 7.87. The average Bonchev–Trinajstić information content (AvgIpc) is 2.66. The summed E-state index contributed by atoms with van der Waals surface area (Å²) < 4.78 is 16.4. The minimum Gasteiger partial charge on any atom is -0.491 e. The molecule has 26 heavy (non-hydrogen) atoms. The molecule has 2 aromatic rings. The highest BCUT2D eigenvalue weighted by Gasteiger charge is 2.10. The third-order valence-corrected chi connectivity index (χ3v) is 3.78. The minimum atomic E-state index is -0.540. The van der Waals surface area contributed by atoms with Gasteiger partial charge in [0.25, 0.3) is 0 Å². The Labute approximate surface area is 156 Å². The Morgan fingerprint density at radius 2 is 1.62 bits per heavy atom. The van der Waals surface area contributed by atoms with Crippen LogP contribution in [0.3, 0.4) is 0 Å². The maximum Gasteiger partial charge on any atom is 0.119 e. The summed E-state index contributed by atoms with van der Waals surface area (Å²) in [6.07, 6.45) is -0.540. The number of para-hydroxylation sites is 1. The predicted octanol–water partition coefficient (Wildman–Crippen LogP) is 2.97. The quantitative estimate of drug-likeness (QED) is 0.591. The summed E-state index contributed by atoms with van der Waals surface area (Å²) in [6.45, 7) is 5.40. The van der Waals surface area contributed by atoms with Crippen LogP contribution in [-0.4, -0.2) is 56.1 Å². The predicted molar refractivity (Wildman–Crippen MR) is 103 cm³/mol. The first kappa shape index (κ1) is 20.2. The summed E-state index contributed by atoms with van der Waals surface area (Å²) in [5, 5.41) is 10.1. The zero-order valence-corrected chi connectivity index (χ0v) is 15.6. The lowest BCUT2D eigenvalue weighted by molar-refractivity contribution is 0.0744. The molecule has 2 aromatic carbocycles. The van der Waals surface area contributed by atoms with Gasteiger partial charge in [-0.1, -0.05) is 30.3 Å². The van der Waals surface area contributed by atoms with Gasteiger partial charge in [0.05, 0.1) is 6.61 Å². The van der Waals surface area contributed by atoms with Gasteiger partial charge in [-0.2, -0.15) is 0 Å². The number of hydrogen-bond donors (Lipinski definition) is 1. The molecule has 0 unspecified atom stereocenters. The minimum absolute atomic E-state index is 0.279. The molecule has 0 aliphatic rings. The first-order chi connectivity index (χ1) is 12.7. The smallest absolute Gasteiger partial charge is 0.119 e. The van der Waals surface area contributed by atoms with Crippen LogP contribution >= 0.6 is 0 Å². The van der Waals surface area contributed by atoms with E-state index in [9.17, 15) is 5.11 Å². The highest BCUT2D eigenvalue weighted by Crippen LogP contribution is 2.14. The van der Waals surface area contributed by atoms with Crippen molar-refractivity contribution in [3.05, 3.63) is 60.2 Å². The van der Waals surface area contributed by atoms with Gasteiger partial charge < -0.3 is 19.3 Å².